The normalized spacial score (nSPS) is 18.5. The minimum atomic E-state index is -0.0637. The van der Waals surface area contributed by atoms with Crippen molar-refractivity contribution in [1.82, 2.24) is 4.90 Å². The van der Waals surface area contributed by atoms with E-state index in [0.29, 0.717) is 5.56 Å². The fraction of sp³-hybridized carbons (Fsp3) is 0.267. The zero-order valence-electron chi connectivity index (χ0n) is 10.7. The van der Waals surface area contributed by atoms with Crippen LogP contribution in [0.2, 0.25) is 5.22 Å². The molecule has 1 aliphatic rings. The van der Waals surface area contributed by atoms with Crippen LogP contribution in [-0.2, 0) is 0 Å². The molecule has 0 bridgehead atoms. The molecule has 1 unspecified atom stereocenters. The predicted octanol–water partition coefficient (Wildman–Crippen LogP) is 4.67. The number of carbonyl (C=O) groups excluding carboxylic acids is 1. The van der Waals surface area contributed by atoms with Gasteiger partial charge in [0, 0.05) is 11.0 Å². The molecule has 20 heavy (non-hydrogen) atoms. The van der Waals surface area contributed by atoms with E-state index in [9.17, 15) is 4.79 Å². The van der Waals surface area contributed by atoms with E-state index in [4.69, 9.17) is 16.0 Å². The third kappa shape index (κ3) is 2.50. The Kier molecular flexibility index (Phi) is 3.85. The maximum atomic E-state index is 12.6. The van der Waals surface area contributed by atoms with Crippen LogP contribution in [0.1, 0.15) is 34.8 Å². The van der Waals surface area contributed by atoms with E-state index in [1.807, 2.05) is 17.0 Å². The van der Waals surface area contributed by atoms with Gasteiger partial charge in [-0.2, -0.15) is 0 Å². The molecule has 104 valence electrons. The Morgan fingerprint density at radius 1 is 1.40 bits per heavy atom. The van der Waals surface area contributed by atoms with E-state index in [0.717, 1.165) is 29.4 Å². The van der Waals surface area contributed by atoms with E-state index >= 15 is 0 Å². The number of likely N-dealkylation sites (tertiary alicyclic amines) is 1. The minimum Gasteiger partial charge on any atom is -0.452 e. The number of amides is 1. The fourth-order valence-electron chi connectivity index (χ4n) is 2.67. The number of furan rings is 1. The fourth-order valence-corrected chi connectivity index (χ4v) is 3.28. The van der Waals surface area contributed by atoms with Gasteiger partial charge >= 0.3 is 0 Å². The van der Waals surface area contributed by atoms with Gasteiger partial charge < -0.3 is 9.32 Å². The second-order valence-corrected chi connectivity index (χ2v) is 6.08. The molecule has 5 heteroatoms. The van der Waals surface area contributed by atoms with Gasteiger partial charge in [-0.15, -0.1) is 0 Å². The third-order valence-corrected chi connectivity index (χ3v) is 4.38. The standard InChI is InChI=1S/C15H13BrClNO2/c16-11-4-1-3-10(9-11)13-5-2-7-18(13)15(19)12-6-8-20-14(12)17/h1,3-4,6,8-9,13H,2,5,7H2. The van der Waals surface area contributed by atoms with Gasteiger partial charge in [0.15, 0.2) is 0 Å². The van der Waals surface area contributed by atoms with Crippen molar-refractivity contribution < 1.29 is 9.21 Å². The lowest BCUT2D eigenvalue weighted by Gasteiger charge is -2.25. The number of hydrogen-bond donors (Lipinski definition) is 0. The van der Waals surface area contributed by atoms with Crippen LogP contribution in [0, 0.1) is 0 Å². The van der Waals surface area contributed by atoms with Crippen LogP contribution < -0.4 is 0 Å². The molecule has 1 aromatic heterocycles. The van der Waals surface area contributed by atoms with Crippen LogP contribution in [0.5, 0.6) is 0 Å². The molecule has 1 aromatic carbocycles. The highest BCUT2D eigenvalue weighted by molar-refractivity contribution is 9.10. The Morgan fingerprint density at radius 2 is 2.25 bits per heavy atom. The Hall–Kier alpha value is -1.26. The summed E-state index contributed by atoms with van der Waals surface area (Å²) in [6.07, 6.45) is 3.41. The molecule has 0 radical (unpaired) electrons. The highest BCUT2D eigenvalue weighted by Crippen LogP contribution is 2.35. The van der Waals surface area contributed by atoms with Gasteiger partial charge in [0.05, 0.1) is 17.9 Å². The molecule has 3 rings (SSSR count). The minimum absolute atomic E-state index is 0.0637. The summed E-state index contributed by atoms with van der Waals surface area (Å²) < 4.78 is 6.04. The number of hydrogen-bond acceptors (Lipinski definition) is 2. The Morgan fingerprint density at radius 3 is 2.95 bits per heavy atom. The molecule has 0 aliphatic carbocycles. The zero-order chi connectivity index (χ0) is 14.1. The first-order valence-corrected chi connectivity index (χ1v) is 7.63. The van der Waals surface area contributed by atoms with Crippen LogP contribution in [0.25, 0.3) is 0 Å². The lowest BCUT2D eigenvalue weighted by Crippen LogP contribution is -2.30. The first kappa shape index (κ1) is 13.7. The molecule has 2 aromatic rings. The molecular weight excluding hydrogens is 342 g/mol. The van der Waals surface area contributed by atoms with Crippen molar-refractivity contribution in [2.24, 2.45) is 0 Å². The Labute approximate surface area is 130 Å². The zero-order valence-corrected chi connectivity index (χ0v) is 13.0. The van der Waals surface area contributed by atoms with Crippen molar-refractivity contribution >= 4 is 33.4 Å². The summed E-state index contributed by atoms with van der Waals surface area (Å²) in [6, 6.07) is 9.82. The Balaban J connectivity index is 1.90. The van der Waals surface area contributed by atoms with Crippen molar-refractivity contribution in [2.75, 3.05) is 6.54 Å². The molecule has 2 heterocycles. The molecule has 0 spiro atoms. The topological polar surface area (TPSA) is 33.5 Å². The molecule has 1 fully saturated rings. The van der Waals surface area contributed by atoms with Gasteiger partial charge in [-0.25, -0.2) is 0 Å². The molecule has 3 nitrogen and oxygen atoms in total. The first-order chi connectivity index (χ1) is 9.66. The summed E-state index contributed by atoms with van der Waals surface area (Å²) in [5.74, 6) is -0.0637. The predicted molar refractivity (Wildman–Crippen MR) is 80.9 cm³/mol. The first-order valence-electron chi connectivity index (χ1n) is 6.46. The van der Waals surface area contributed by atoms with E-state index in [2.05, 4.69) is 28.1 Å². The van der Waals surface area contributed by atoms with E-state index in [1.54, 1.807) is 6.07 Å². The highest BCUT2D eigenvalue weighted by Gasteiger charge is 2.32. The van der Waals surface area contributed by atoms with Gasteiger partial charge in [0.2, 0.25) is 5.22 Å². The largest absolute Gasteiger partial charge is 0.452 e. The van der Waals surface area contributed by atoms with E-state index in [1.165, 1.54) is 6.26 Å². The summed E-state index contributed by atoms with van der Waals surface area (Å²) in [5.41, 5.74) is 1.58. The number of benzene rings is 1. The average Bonchev–Trinajstić information content (AvgIpc) is 3.06. The summed E-state index contributed by atoms with van der Waals surface area (Å²) in [5, 5.41) is 0.162. The van der Waals surface area contributed by atoms with Crippen molar-refractivity contribution in [3.63, 3.8) is 0 Å². The van der Waals surface area contributed by atoms with Gasteiger partial charge in [-0.1, -0.05) is 28.1 Å². The second-order valence-electron chi connectivity index (χ2n) is 4.82. The van der Waals surface area contributed by atoms with E-state index < -0.39 is 0 Å². The Bertz CT molecular complexity index is 640. The lowest BCUT2D eigenvalue weighted by molar-refractivity contribution is 0.0735. The van der Waals surface area contributed by atoms with Gasteiger partial charge in [-0.05, 0) is 48.2 Å². The van der Waals surface area contributed by atoms with E-state index in [-0.39, 0.29) is 17.2 Å². The highest BCUT2D eigenvalue weighted by atomic mass is 79.9. The van der Waals surface area contributed by atoms with Crippen LogP contribution in [0.3, 0.4) is 0 Å². The third-order valence-electron chi connectivity index (χ3n) is 3.60. The smallest absolute Gasteiger partial charge is 0.259 e. The lowest BCUT2D eigenvalue weighted by atomic mass is 10.0. The summed E-state index contributed by atoms with van der Waals surface area (Å²) in [6.45, 7) is 0.748. The SMILES string of the molecule is O=C(c1ccoc1Cl)N1CCCC1c1cccc(Br)c1. The van der Waals surface area contributed by atoms with Crippen molar-refractivity contribution in [2.45, 2.75) is 18.9 Å². The molecule has 1 aliphatic heterocycles. The number of carbonyl (C=O) groups is 1. The summed E-state index contributed by atoms with van der Waals surface area (Å²) >= 11 is 9.39. The monoisotopic (exact) mass is 353 g/mol. The number of halogens is 2. The van der Waals surface area contributed by atoms with Gasteiger partial charge in [0.1, 0.15) is 0 Å². The van der Waals surface area contributed by atoms with Crippen molar-refractivity contribution in [1.29, 1.82) is 0 Å². The van der Waals surface area contributed by atoms with Gasteiger partial charge in [-0.3, -0.25) is 4.79 Å². The van der Waals surface area contributed by atoms with Crippen LogP contribution in [-0.4, -0.2) is 17.4 Å². The average molecular weight is 355 g/mol. The number of nitrogens with zero attached hydrogens (tertiary/aromatic N) is 1. The maximum absolute atomic E-state index is 12.6. The molecule has 1 amide bonds. The molecular formula is C15H13BrClNO2. The van der Waals surface area contributed by atoms with Crippen LogP contribution in [0.4, 0.5) is 0 Å². The molecule has 0 N–H and O–H groups in total. The quantitative estimate of drug-likeness (QED) is 0.785. The summed E-state index contributed by atoms with van der Waals surface area (Å²) in [4.78, 5) is 14.4. The number of rotatable bonds is 2. The van der Waals surface area contributed by atoms with Crippen molar-refractivity contribution in [3.05, 3.63) is 57.4 Å². The van der Waals surface area contributed by atoms with Crippen LogP contribution in [0.15, 0.2) is 45.5 Å². The maximum Gasteiger partial charge on any atom is 0.259 e. The molecule has 0 saturated carbocycles. The molecule has 1 atom stereocenters. The second kappa shape index (κ2) is 5.62. The van der Waals surface area contributed by atoms with Crippen LogP contribution >= 0.6 is 27.5 Å². The van der Waals surface area contributed by atoms with Gasteiger partial charge in [0.25, 0.3) is 5.91 Å². The summed E-state index contributed by atoms with van der Waals surface area (Å²) in [7, 11) is 0. The molecule has 1 saturated heterocycles. The van der Waals surface area contributed by atoms with Crippen molar-refractivity contribution in [3.8, 4) is 0 Å².